The van der Waals surface area contributed by atoms with Crippen molar-refractivity contribution in [1.82, 2.24) is 14.7 Å². The second-order valence-electron chi connectivity index (χ2n) is 5.53. The van der Waals surface area contributed by atoms with Crippen LogP contribution in [-0.2, 0) is 4.79 Å². The molecule has 3 rings (SSSR count). The molecule has 0 saturated carbocycles. The number of hydrogen-bond acceptors (Lipinski definition) is 3. The van der Waals surface area contributed by atoms with Gasteiger partial charge in [0.2, 0.25) is 0 Å². The highest BCUT2D eigenvalue weighted by Crippen LogP contribution is 2.19. The first-order chi connectivity index (χ1) is 11.0. The Kier molecular flexibility index (Phi) is 4.10. The molecule has 2 aromatic rings. The van der Waals surface area contributed by atoms with Gasteiger partial charge in [-0.05, 0) is 43.2 Å². The first-order valence-corrected chi connectivity index (χ1v) is 7.38. The van der Waals surface area contributed by atoms with Gasteiger partial charge >= 0.3 is 5.97 Å². The number of amides is 1. The van der Waals surface area contributed by atoms with E-state index in [0.29, 0.717) is 37.3 Å². The second-order valence-corrected chi connectivity index (χ2v) is 5.53. The number of halogens is 1. The number of rotatable bonds is 3. The van der Waals surface area contributed by atoms with Gasteiger partial charge in [-0.1, -0.05) is 0 Å². The second kappa shape index (κ2) is 6.20. The number of benzene rings is 1. The molecule has 0 radical (unpaired) electrons. The number of carboxylic acids is 1. The Morgan fingerprint density at radius 3 is 2.39 bits per heavy atom. The lowest BCUT2D eigenvalue weighted by Gasteiger charge is -2.29. The molecule has 0 atom stereocenters. The highest BCUT2D eigenvalue weighted by molar-refractivity contribution is 5.92. The van der Waals surface area contributed by atoms with Crippen molar-refractivity contribution >= 4 is 11.9 Å². The summed E-state index contributed by atoms with van der Waals surface area (Å²) in [4.78, 5) is 25.0. The maximum absolute atomic E-state index is 12.9. The Hall–Kier alpha value is -2.70. The van der Waals surface area contributed by atoms with E-state index in [1.54, 1.807) is 29.3 Å². The summed E-state index contributed by atoms with van der Waals surface area (Å²) in [6.45, 7) is 0.832. The third-order valence-electron chi connectivity index (χ3n) is 4.03. The average Bonchev–Trinajstić information content (AvgIpc) is 3.05. The van der Waals surface area contributed by atoms with Crippen LogP contribution in [0.3, 0.4) is 0 Å². The summed E-state index contributed by atoms with van der Waals surface area (Å²) in [6.07, 6.45) is 2.56. The minimum atomic E-state index is -0.808. The van der Waals surface area contributed by atoms with E-state index in [1.807, 2.05) is 0 Å². The zero-order chi connectivity index (χ0) is 16.4. The molecule has 0 unspecified atom stereocenters. The van der Waals surface area contributed by atoms with Crippen molar-refractivity contribution in [3.63, 3.8) is 0 Å². The van der Waals surface area contributed by atoms with Crippen LogP contribution in [0.2, 0.25) is 0 Å². The monoisotopic (exact) mass is 317 g/mol. The normalized spacial score (nSPS) is 15.6. The minimum Gasteiger partial charge on any atom is -0.481 e. The Morgan fingerprint density at radius 1 is 1.13 bits per heavy atom. The molecule has 1 fully saturated rings. The molecule has 1 aromatic heterocycles. The SMILES string of the molecule is O=C(O)C1CCN(C(=O)c2ccn(-c3ccc(F)cc3)n2)CC1. The molecule has 1 aliphatic rings. The lowest BCUT2D eigenvalue weighted by Crippen LogP contribution is -2.40. The van der Waals surface area contributed by atoms with Gasteiger partial charge < -0.3 is 10.0 Å². The molecule has 1 aliphatic heterocycles. The van der Waals surface area contributed by atoms with E-state index in [4.69, 9.17) is 5.11 Å². The van der Waals surface area contributed by atoms with Crippen LogP contribution in [0, 0.1) is 11.7 Å². The largest absolute Gasteiger partial charge is 0.481 e. The predicted molar refractivity (Wildman–Crippen MR) is 79.8 cm³/mol. The van der Waals surface area contributed by atoms with Gasteiger partial charge in [-0.15, -0.1) is 0 Å². The Bertz CT molecular complexity index is 718. The fraction of sp³-hybridized carbons (Fsp3) is 0.312. The van der Waals surface area contributed by atoms with Crippen LogP contribution in [0.4, 0.5) is 4.39 Å². The molecule has 2 heterocycles. The molecule has 0 aliphatic carbocycles. The predicted octanol–water partition coefficient (Wildman–Crippen LogP) is 1.95. The van der Waals surface area contributed by atoms with Crippen LogP contribution >= 0.6 is 0 Å². The molecule has 23 heavy (non-hydrogen) atoms. The zero-order valence-corrected chi connectivity index (χ0v) is 12.4. The fourth-order valence-corrected chi connectivity index (χ4v) is 2.67. The van der Waals surface area contributed by atoms with Gasteiger partial charge in [0.05, 0.1) is 11.6 Å². The lowest BCUT2D eigenvalue weighted by molar-refractivity contribution is -0.143. The summed E-state index contributed by atoms with van der Waals surface area (Å²) in [5, 5.41) is 13.2. The molecule has 1 saturated heterocycles. The highest BCUT2D eigenvalue weighted by Gasteiger charge is 2.28. The molecule has 1 aromatic carbocycles. The van der Waals surface area contributed by atoms with E-state index in [0.717, 1.165) is 0 Å². The molecular formula is C16H16FN3O3. The summed E-state index contributed by atoms with van der Waals surface area (Å²) in [5.74, 6) is -1.73. The lowest BCUT2D eigenvalue weighted by atomic mass is 9.97. The van der Waals surface area contributed by atoms with E-state index >= 15 is 0 Å². The van der Waals surface area contributed by atoms with Gasteiger partial charge in [-0.2, -0.15) is 5.10 Å². The van der Waals surface area contributed by atoms with Gasteiger partial charge in [0.15, 0.2) is 5.69 Å². The Morgan fingerprint density at radius 2 is 1.78 bits per heavy atom. The Labute approximate surface area is 132 Å². The van der Waals surface area contributed by atoms with Crippen molar-refractivity contribution in [1.29, 1.82) is 0 Å². The van der Waals surface area contributed by atoms with Crippen LogP contribution in [0.5, 0.6) is 0 Å². The van der Waals surface area contributed by atoms with Crippen molar-refractivity contribution in [3.05, 3.63) is 48.0 Å². The van der Waals surface area contributed by atoms with E-state index in [-0.39, 0.29) is 17.6 Å². The quantitative estimate of drug-likeness (QED) is 0.939. The number of carbonyl (C=O) groups excluding carboxylic acids is 1. The minimum absolute atomic E-state index is 0.213. The first-order valence-electron chi connectivity index (χ1n) is 7.38. The number of nitrogens with zero attached hydrogens (tertiary/aromatic N) is 3. The van der Waals surface area contributed by atoms with E-state index in [9.17, 15) is 14.0 Å². The molecule has 1 N–H and O–H groups in total. The number of carboxylic acid groups (broad SMARTS) is 1. The van der Waals surface area contributed by atoms with Crippen LogP contribution < -0.4 is 0 Å². The number of piperidine rings is 1. The maximum Gasteiger partial charge on any atom is 0.306 e. The number of hydrogen-bond donors (Lipinski definition) is 1. The van der Waals surface area contributed by atoms with E-state index in [2.05, 4.69) is 5.10 Å². The molecule has 0 bridgehead atoms. The smallest absolute Gasteiger partial charge is 0.306 e. The van der Waals surface area contributed by atoms with Gasteiger partial charge in [0, 0.05) is 19.3 Å². The number of carbonyl (C=O) groups is 2. The number of aliphatic carboxylic acids is 1. The summed E-state index contributed by atoms with van der Waals surface area (Å²) in [5.41, 5.74) is 0.957. The molecule has 1 amide bonds. The molecular weight excluding hydrogens is 301 g/mol. The summed E-state index contributed by atoms with van der Waals surface area (Å²) in [6, 6.07) is 7.42. The van der Waals surface area contributed by atoms with Gasteiger partial charge in [0.1, 0.15) is 5.82 Å². The van der Waals surface area contributed by atoms with Crippen molar-refractivity contribution in [2.75, 3.05) is 13.1 Å². The van der Waals surface area contributed by atoms with Crippen molar-refractivity contribution < 1.29 is 19.1 Å². The van der Waals surface area contributed by atoms with Crippen LogP contribution in [-0.4, -0.2) is 44.8 Å². The Balaban J connectivity index is 1.69. The zero-order valence-electron chi connectivity index (χ0n) is 12.4. The van der Waals surface area contributed by atoms with E-state index < -0.39 is 5.97 Å². The average molecular weight is 317 g/mol. The van der Waals surface area contributed by atoms with Crippen molar-refractivity contribution in [2.24, 2.45) is 5.92 Å². The first kappa shape index (κ1) is 15.2. The van der Waals surface area contributed by atoms with Gasteiger partial charge in [0.25, 0.3) is 5.91 Å². The van der Waals surface area contributed by atoms with Gasteiger partial charge in [-0.25, -0.2) is 9.07 Å². The standard InChI is InChI=1S/C16H16FN3O3/c17-12-1-3-13(4-2-12)20-10-7-14(18-20)15(21)19-8-5-11(6-9-19)16(22)23/h1-4,7,10-11H,5-6,8-9H2,(H,22,23). The fourth-order valence-electron chi connectivity index (χ4n) is 2.67. The third kappa shape index (κ3) is 3.23. The maximum atomic E-state index is 12.9. The number of aromatic nitrogens is 2. The topological polar surface area (TPSA) is 75.4 Å². The highest BCUT2D eigenvalue weighted by atomic mass is 19.1. The van der Waals surface area contributed by atoms with Crippen LogP contribution in [0.15, 0.2) is 36.5 Å². The van der Waals surface area contributed by atoms with Crippen molar-refractivity contribution in [3.8, 4) is 5.69 Å². The van der Waals surface area contributed by atoms with Crippen LogP contribution in [0.25, 0.3) is 5.69 Å². The third-order valence-corrected chi connectivity index (χ3v) is 4.03. The molecule has 0 spiro atoms. The van der Waals surface area contributed by atoms with Crippen LogP contribution in [0.1, 0.15) is 23.3 Å². The summed E-state index contributed by atoms with van der Waals surface area (Å²) < 4.78 is 14.4. The van der Waals surface area contributed by atoms with Crippen molar-refractivity contribution in [2.45, 2.75) is 12.8 Å². The molecule has 7 heteroatoms. The molecule has 6 nitrogen and oxygen atoms in total. The van der Waals surface area contributed by atoms with Gasteiger partial charge in [-0.3, -0.25) is 9.59 Å². The summed E-state index contributed by atoms with van der Waals surface area (Å²) >= 11 is 0. The summed E-state index contributed by atoms with van der Waals surface area (Å²) in [7, 11) is 0. The number of likely N-dealkylation sites (tertiary alicyclic amines) is 1. The van der Waals surface area contributed by atoms with E-state index in [1.165, 1.54) is 16.8 Å². The molecule has 120 valence electrons.